The van der Waals surface area contributed by atoms with Crippen LogP contribution in [-0.2, 0) is 9.59 Å². The Balaban J connectivity index is 0.00000220. The van der Waals surface area contributed by atoms with E-state index in [1.165, 1.54) is 0 Å². The fourth-order valence-electron chi connectivity index (χ4n) is 3.10. The number of piperidine rings is 2. The summed E-state index contributed by atoms with van der Waals surface area (Å²) in [7, 11) is 0. The van der Waals surface area contributed by atoms with Crippen molar-refractivity contribution in [3.8, 4) is 0 Å². The summed E-state index contributed by atoms with van der Waals surface area (Å²) in [5.41, 5.74) is 0. The number of amides is 2. The summed E-state index contributed by atoms with van der Waals surface area (Å²) in [6.07, 6.45) is 4.85. The van der Waals surface area contributed by atoms with Crippen LogP contribution in [0.25, 0.3) is 0 Å². The van der Waals surface area contributed by atoms with Crippen molar-refractivity contribution in [3.05, 3.63) is 0 Å². The van der Waals surface area contributed by atoms with Crippen molar-refractivity contribution in [1.82, 2.24) is 15.5 Å². The Kier molecular flexibility index (Phi) is 8.04. The van der Waals surface area contributed by atoms with Gasteiger partial charge in [-0.1, -0.05) is 6.92 Å². The second kappa shape index (κ2) is 9.26. The standard InChI is InChI=1S/C15H27N3O2.ClH/c1-2-7-17-14(19)13-6-4-9-18(11-13)15(20)12-5-3-8-16-10-12;/h12-13,16H,2-11H2,1H3,(H,17,19);1H. The second-order valence-electron chi connectivity index (χ2n) is 5.96. The van der Waals surface area contributed by atoms with E-state index < -0.39 is 0 Å². The predicted molar refractivity (Wildman–Crippen MR) is 85.4 cm³/mol. The summed E-state index contributed by atoms with van der Waals surface area (Å²) in [6, 6.07) is 0. The van der Waals surface area contributed by atoms with Crippen LogP contribution in [0.15, 0.2) is 0 Å². The van der Waals surface area contributed by atoms with E-state index in [9.17, 15) is 9.59 Å². The molecular weight excluding hydrogens is 290 g/mol. The molecule has 2 fully saturated rings. The number of nitrogens with zero attached hydrogens (tertiary/aromatic N) is 1. The van der Waals surface area contributed by atoms with Crippen LogP contribution in [0.4, 0.5) is 0 Å². The molecule has 0 bridgehead atoms. The van der Waals surface area contributed by atoms with Crippen LogP contribution in [0.1, 0.15) is 39.0 Å². The molecule has 0 aromatic heterocycles. The molecule has 5 nitrogen and oxygen atoms in total. The lowest BCUT2D eigenvalue weighted by molar-refractivity contribution is -0.139. The van der Waals surface area contributed by atoms with Gasteiger partial charge in [0.2, 0.25) is 11.8 Å². The molecule has 0 aliphatic carbocycles. The Labute approximate surface area is 133 Å². The van der Waals surface area contributed by atoms with Crippen molar-refractivity contribution in [1.29, 1.82) is 0 Å². The van der Waals surface area contributed by atoms with E-state index >= 15 is 0 Å². The topological polar surface area (TPSA) is 61.4 Å². The second-order valence-corrected chi connectivity index (χ2v) is 5.96. The molecular formula is C15H28ClN3O2. The van der Waals surface area contributed by atoms with Gasteiger partial charge in [0, 0.05) is 26.2 Å². The van der Waals surface area contributed by atoms with Gasteiger partial charge >= 0.3 is 0 Å². The van der Waals surface area contributed by atoms with Crippen molar-refractivity contribution in [2.24, 2.45) is 11.8 Å². The summed E-state index contributed by atoms with van der Waals surface area (Å²) in [6.45, 7) is 6.01. The first-order valence-corrected chi connectivity index (χ1v) is 7.99. The fraction of sp³-hybridized carbons (Fsp3) is 0.867. The molecule has 0 radical (unpaired) electrons. The normalized spacial score (nSPS) is 25.9. The Morgan fingerprint density at radius 2 is 2.00 bits per heavy atom. The van der Waals surface area contributed by atoms with Crippen LogP contribution >= 0.6 is 12.4 Å². The van der Waals surface area contributed by atoms with Gasteiger partial charge in [-0.15, -0.1) is 12.4 Å². The Hall–Kier alpha value is -0.810. The van der Waals surface area contributed by atoms with Crippen LogP contribution in [0.5, 0.6) is 0 Å². The molecule has 2 aliphatic rings. The number of rotatable bonds is 4. The van der Waals surface area contributed by atoms with E-state index in [2.05, 4.69) is 10.6 Å². The molecule has 0 saturated carbocycles. The largest absolute Gasteiger partial charge is 0.356 e. The van der Waals surface area contributed by atoms with E-state index in [1.807, 2.05) is 11.8 Å². The zero-order chi connectivity index (χ0) is 14.4. The highest BCUT2D eigenvalue weighted by molar-refractivity contribution is 5.85. The number of carbonyl (C=O) groups excluding carboxylic acids is 2. The molecule has 2 heterocycles. The van der Waals surface area contributed by atoms with Gasteiger partial charge < -0.3 is 15.5 Å². The highest BCUT2D eigenvalue weighted by Gasteiger charge is 2.32. The minimum Gasteiger partial charge on any atom is -0.356 e. The summed E-state index contributed by atoms with van der Waals surface area (Å²) >= 11 is 0. The number of carbonyl (C=O) groups is 2. The Morgan fingerprint density at radius 3 is 2.67 bits per heavy atom. The molecule has 2 aliphatic heterocycles. The highest BCUT2D eigenvalue weighted by atomic mass is 35.5. The lowest BCUT2D eigenvalue weighted by atomic mass is 9.93. The molecule has 0 aromatic rings. The monoisotopic (exact) mass is 317 g/mol. The molecule has 21 heavy (non-hydrogen) atoms. The van der Waals surface area contributed by atoms with Crippen molar-refractivity contribution < 1.29 is 9.59 Å². The third-order valence-corrected chi connectivity index (χ3v) is 4.30. The van der Waals surface area contributed by atoms with Crippen LogP contribution in [-0.4, -0.2) is 49.4 Å². The molecule has 2 amide bonds. The summed E-state index contributed by atoms with van der Waals surface area (Å²) in [4.78, 5) is 26.4. The minimum absolute atomic E-state index is 0. The van der Waals surface area contributed by atoms with E-state index in [0.717, 1.165) is 58.3 Å². The minimum atomic E-state index is -0.0178. The maximum atomic E-state index is 12.5. The molecule has 6 heteroatoms. The highest BCUT2D eigenvalue weighted by Crippen LogP contribution is 2.21. The Morgan fingerprint density at radius 1 is 1.24 bits per heavy atom. The first kappa shape index (κ1) is 18.2. The molecule has 0 aromatic carbocycles. The van der Waals surface area contributed by atoms with E-state index in [1.54, 1.807) is 0 Å². The first-order valence-electron chi connectivity index (χ1n) is 7.99. The molecule has 2 rings (SSSR count). The van der Waals surface area contributed by atoms with Gasteiger partial charge in [-0.3, -0.25) is 9.59 Å². The van der Waals surface area contributed by atoms with Gasteiger partial charge in [0.15, 0.2) is 0 Å². The molecule has 0 spiro atoms. The van der Waals surface area contributed by atoms with E-state index in [-0.39, 0.29) is 36.1 Å². The maximum absolute atomic E-state index is 12.5. The van der Waals surface area contributed by atoms with Crippen molar-refractivity contribution in [2.75, 3.05) is 32.7 Å². The van der Waals surface area contributed by atoms with Gasteiger partial charge in [0.05, 0.1) is 11.8 Å². The van der Waals surface area contributed by atoms with Crippen LogP contribution in [0, 0.1) is 11.8 Å². The summed E-state index contributed by atoms with van der Waals surface area (Å²) in [5.74, 6) is 0.452. The quantitative estimate of drug-likeness (QED) is 0.818. The van der Waals surface area contributed by atoms with Gasteiger partial charge in [-0.25, -0.2) is 0 Å². The third-order valence-electron chi connectivity index (χ3n) is 4.30. The zero-order valence-electron chi connectivity index (χ0n) is 12.9. The van der Waals surface area contributed by atoms with Crippen LogP contribution < -0.4 is 10.6 Å². The van der Waals surface area contributed by atoms with Crippen molar-refractivity contribution in [2.45, 2.75) is 39.0 Å². The number of halogens is 1. The van der Waals surface area contributed by atoms with Crippen molar-refractivity contribution >= 4 is 24.2 Å². The molecule has 2 saturated heterocycles. The van der Waals surface area contributed by atoms with Gasteiger partial charge in [-0.05, 0) is 38.6 Å². The van der Waals surface area contributed by atoms with Gasteiger partial charge in [0.25, 0.3) is 0 Å². The molecule has 2 N–H and O–H groups in total. The van der Waals surface area contributed by atoms with Gasteiger partial charge in [-0.2, -0.15) is 0 Å². The smallest absolute Gasteiger partial charge is 0.226 e. The summed E-state index contributed by atoms with van der Waals surface area (Å²) in [5, 5.41) is 6.24. The lowest BCUT2D eigenvalue weighted by Crippen LogP contribution is -2.49. The fourth-order valence-corrected chi connectivity index (χ4v) is 3.10. The number of likely N-dealkylation sites (tertiary alicyclic amines) is 1. The van der Waals surface area contributed by atoms with E-state index in [0.29, 0.717) is 6.54 Å². The number of nitrogens with one attached hydrogen (secondary N) is 2. The third kappa shape index (κ3) is 5.15. The SMILES string of the molecule is CCCNC(=O)C1CCCN(C(=O)C2CCCNC2)C1.Cl. The molecule has 2 atom stereocenters. The van der Waals surface area contributed by atoms with E-state index in [4.69, 9.17) is 0 Å². The Bertz CT molecular complexity index is 346. The molecule has 122 valence electrons. The van der Waals surface area contributed by atoms with Crippen LogP contribution in [0.3, 0.4) is 0 Å². The van der Waals surface area contributed by atoms with Gasteiger partial charge in [0.1, 0.15) is 0 Å². The van der Waals surface area contributed by atoms with Crippen molar-refractivity contribution in [3.63, 3.8) is 0 Å². The first-order chi connectivity index (χ1) is 9.72. The number of hydrogen-bond acceptors (Lipinski definition) is 3. The zero-order valence-corrected chi connectivity index (χ0v) is 13.7. The maximum Gasteiger partial charge on any atom is 0.226 e. The average Bonchev–Trinajstić information content (AvgIpc) is 2.52. The number of hydrogen-bond donors (Lipinski definition) is 2. The van der Waals surface area contributed by atoms with Crippen LogP contribution in [0.2, 0.25) is 0 Å². The lowest BCUT2D eigenvalue weighted by Gasteiger charge is -2.35. The molecule has 2 unspecified atom stereocenters. The summed E-state index contributed by atoms with van der Waals surface area (Å²) < 4.78 is 0. The predicted octanol–water partition coefficient (Wildman–Crippen LogP) is 1.17. The average molecular weight is 318 g/mol.